The summed E-state index contributed by atoms with van der Waals surface area (Å²) < 4.78 is 2.58. The van der Waals surface area contributed by atoms with Crippen molar-refractivity contribution in [2.75, 3.05) is 0 Å². The number of aromatic nitrogens is 4. The fourth-order valence-corrected chi connectivity index (χ4v) is 3.66. The van der Waals surface area contributed by atoms with Crippen LogP contribution in [-0.2, 0) is 0 Å². The summed E-state index contributed by atoms with van der Waals surface area (Å²) >= 11 is 0. The Labute approximate surface area is 194 Å². The quantitative estimate of drug-likeness (QED) is 0.393. The highest BCUT2D eigenvalue weighted by Crippen LogP contribution is 2.09. The van der Waals surface area contributed by atoms with Crippen molar-refractivity contribution in [1.29, 1.82) is 0 Å². The summed E-state index contributed by atoms with van der Waals surface area (Å²) in [5, 5.41) is 9.70. The van der Waals surface area contributed by atoms with Crippen LogP contribution in [-0.4, -0.2) is 31.7 Å². The largest absolute Gasteiger partial charge is 0.282 e. The molecule has 0 saturated heterocycles. The van der Waals surface area contributed by atoms with E-state index in [9.17, 15) is 9.59 Å². The Morgan fingerprint density at radius 1 is 0.618 bits per heavy atom. The van der Waals surface area contributed by atoms with Gasteiger partial charge in [-0.05, 0) is 49.2 Å². The SMILES string of the molecule is Cc1nc2ccccc2c(=O)n1N=Cc1ccc(C=Nn2c(C)nc3ccccc3c2=O)cc1. The molecule has 0 N–H and O–H groups in total. The average Bonchev–Trinajstić information content (AvgIpc) is 2.84. The van der Waals surface area contributed by atoms with Crippen molar-refractivity contribution in [2.45, 2.75) is 13.8 Å². The smallest absolute Gasteiger partial charge is 0.267 e. The summed E-state index contributed by atoms with van der Waals surface area (Å²) in [6.45, 7) is 3.49. The minimum absolute atomic E-state index is 0.215. The minimum atomic E-state index is -0.215. The molecule has 34 heavy (non-hydrogen) atoms. The van der Waals surface area contributed by atoms with E-state index in [-0.39, 0.29) is 11.1 Å². The molecular formula is C26H20N6O2. The molecule has 0 saturated carbocycles. The highest BCUT2D eigenvalue weighted by atomic mass is 16.1. The van der Waals surface area contributed by atoms with Crippen LogP contribution >= 0.6 is 0 Å². The summed E-state index contributed by atoms with van der Waals surface area (Å²) in [5.41, 5.74) is 2.47. The molecule has 166 valence electrons. The highest BCUT2D eigenvalue weighted by Gasteiger charge is 2.07. The van der Waals surface area contributed by atoms with Crippen LogP contribution in [0.2, 0.25) is 0 Å². The van der Waals surface area contributed by atoms with E-state index in [2.05, 4.69) is 20.2 Å². The van der Waals surface area contributed by atoms with Crippen LogP contribution in [0, 0.1) is 13.8 Å². The second kappa shape index (κ2) is 8.67. The topological polar surface area (TPSA) is 94.5 Å². The zero-order chi connectivity index (χ0) is 23.7. The second-order valence-corrected chi connectivity index (χ2v) is 7.74. The molecule has 0 spiro atoms. The lowest BCUT2D eigenvalue weighted by atomic mass is 10.2. The number of benzene rings is 3. The molecule has 8 heteroatoms. The van der Waals surface area contributed by atoms with Gasteiger partial charge in [-0.25, -0.2) is 9.97 Å². The van der Waals surface area contributed by atoms with E-state index in [0.29, 0.717) is 33.5 Å². The summed E-state index contributed by atoms with van der Waals surface area (Å²) in [6, 6.07) is 21.8. The van der Waals surface area contributed by atoms with Crippen LogP contribution < -0.4 is 11.1 Å². The van der Waals surface area contributed by atoms with Gasteiger partial charge >= 0.3 is 0 Å². The van der Waals surface area contributed by atoms with Crippen molar-refractivity contribution in [1.82, 2.24) is 19.3 Å². The highest BCUT2D eigenvalue weighted by molar-refractivity contribution is 5.84. The predicted octanol–water partition coefficient (Wildman–Crippen LogP) is 3.49. The van der Waals surface area contributed by atoms with E-state index >= 15 is 0 Å². The first-order chi connectivity index (χ1) is 16.5. The Morgan fingerprint density at radius 2 is 1.00 bits per heavy atom. The van der Waals surface area contributed by atoms with Crippen molar-refractivity contribution in [3.05, 3.63) is 116 Å². The normalized spacial score (nSPS) is 11.8. The van der Waals surface area contributed by atoms with Crippen LogP contribution in [0.15, 0.2) is 92.6 Å². The third-order valence-electron chi connectivity index (χ3n) is 5.41. The van der Waals surface area contributed by atoms with Crippen molar-refractivity contribution >= 4 is 34.2 Å². The first-order valence-electron chi connectivity index (χ1n) is 10.7. The van der Waals surface area contributed by atoms with E-state index in [1.807, 2.05) is 48.5 Å². The molecule has 0 aliphatic carbocycles. The van der Waals surface area contributed by atoms with Crippen LogP contribution in [0.4, 0.5) is 0 Å². The Bertz CT molecular complexity index is 1580. The number of hydrogen-bond donors (Lipinski definition) is 0. The van der Waals surface area contributed by atoms with Crippen LogP contribution in [0.5, 0.6) is 0 Å². The van der Waals surface area contributed by atoms with Crippen LogP contribution in [0.1, 0.15) is 22.8 Å². The molecule has 0 amide bonds. The molecule has 0 radical (unpaired) electrons. The van der Waals surface area contributed by atoms with E-state index in [0.717, 1.165) is 11.1 Å². The first-order valence-corrected chi connectivity index (χ1v) is 10.7. The number of fused-ring (bicyclic) bond motifs is 2. The lowest BCUT2D eigenvalue weighted by molar-refractivity contribution is 0.770. The van der Waals surface area contributed by atoms with Gasteiger partial charge in [0.15, 0.2) is 0 Å². The number of para-hydroxylation sites is 2. The first kappa shape index (κ1) is 21.1. The maximum atomic E-state index is 12.7. The van der Waals surface area contributed by atoms with E-state index in [1.54, 1.807) is 50.5 Å². The summed E-state index contributed by atoms with van der Waals surface area (Å²) in [4.78, 5) is 34.4. The van der Waals surface area contributed by atoms with Crippen molar-refractivity contribution < 1.29 is 0 Å². The lowest BCUT2D eigenvalue weighted by Gasteiger charge is -2.05. The van der Waals surface area contributed by atoms with Gasteiger partial charge in [-0.2, -0.15) is 19.6 Å². The van der Waals surface area contributed by atoms with E-state index < -0.39 is 0 Å². The molecule has 8 nitrogen and oxygen atoms in total. The Balaban J connectivity index is 1.40. The van der Waals surface area contributed by atoms with E-state index in [1.165, 1.54) is 9.35 Å². The molecule has 0 aliphatic heterocycles. The molecule has 3 aromatic carbocycles. The van der Waals surface area contributed by atoms with Gasteiger partial charge in [-0.1, -0.05) is 48.5 Å². The number of nitrogens with zero attached hydrogens (tertiary/aromatic N) is 6. The van der Waals surface area contributed by atoms with Gasteiger partial charge in [-0.15, -0.1) is 0 Å². The van der Waals surface area contributed by atoms with Crippen LogP contribution in [0.25, 0.3) is 21.8 Å². The molecule has 5 aromatic rings. The van der Waals surface area contributed by atoms with Gasteiger partial charge in [0, 0.05) is 0 Å². The maximum absolute atomic E-state index is 12.7. The second-order valence-electron chi connectivity index (χ2n) is 7.74. The summed E-state index contributed by atoms with van der Waals surface area (Å²) in [6.07, 6.45) is 3.21. The van der Waals surface area contributed by atoms with E-state index in [4.69, 9.17) is 0 Å². The van der Waals surface area contributed by atoms with Gasteiger partial charge in [0.05, 0.1) is 34.2 Å². The third-order valence-corrected chi connectivity index (χ3v) is 5.41. The maximum Gasteiger partial charge on any atom is 0.282 e. The Morgan fingerprint density at radius 3 is 1.41 bits per heavy atom. The fourth-order valence-electron chi connectivity index (χ4n) is 3.66. The minimum Gasteiger partial charge on any atom is -0.267 e. The van der Waals surface area contributed by atoms with Crippen molar-refractivity contribution in [3.8, 4) is 0 Å². The monoisotopic (exact) mass is 448 g/mol. The Kier molecular flexibility index (Phi) is 5.39. The summed E-state index contributed by atoms with van der Waals surface area (Å²) in [5.74, 6) is 1.02. The van der Waals surface area contributed by atoms with Gasteiger partial charge in [0.1, 0.15) is 11.6 Å². The van der Waals surface area contributed by atoms with Gasteiger partial charge in [-0.3, -0.25) is 9.59 Å². The molecule has 0 bridgehead atoms. The number of rotatable bonds is 4. The zero-order valence-electron chi connectivity index (χ0n) is 18.6. The molecule has 0 atom stereocenters. The molecule has 0 aliphatic rings. The number of aryl methyl sites for hydroxylation is 2. The summed E-state index contributed by atoms with van der Waals surface area (Å²) in [7, 11) is 0. The molecule has 5 rings (SSSR count). The van der Waals surface area contributed by atoms with Crippen molar-refractivity contribution in [3.63, 3.8) is 0 Å². The molecular weight excluding hydrogens is 428 g/mol. The zero-order valence-corrected chi connectivity index (χ0v) is 18.6. The van der Waals surface area contributed by atoms with Gasteiger partial charge in [0.2, 0.25) is 0 Å². The third kappa shape index (κ3) is 3.93. The van der Waals surface area contributed by atoms with Crippen molar-refractivity contribution in [2.24, 2.45) is 10.2 Å². The van der Waals surface area contributed by atoms with Crippen LogP contribution in [0.3, 0.4) is 0 Å². The van der Waals surface area contributed by atoms with Gasteiger partial charge in [0.25, 0.3) is 11.1 Å². The lowest BCUT2D eigenvalue weighted by Crippen LogP contribution is -2.20. The Hall–Kier alpha value is -4.72. The molecule has 2 aromatic heterocycles. The molecule has 0 fully saturated rings. The average molecular weight is 448 g/mol. The predicted molar refractivity (Wildman–Crippen MR) is 134 cm³/mol. The fraction of sp³-hybridized carbons (Fsp3) is 0.0769. The number of hydrogen-bond acceptors (Lipinski definition) is 6. The molecule has 2 heterocycles. The standard InChI is InChI=1S/C26H20N6O2/c1-17-29-23-9-5-3-7-21(23)25(33)31(17)27-15-19-11-13-20(14-12-19)16-28-32-18(2)30-24-10-6-4-8-22(24)26(32)34/h3-16H,1-2H3. The van der Waals surface area contributed by atoms with Gasteiger partial charge < -0.3 is 0 Å². The molecule has 0 unspecified atom stereocenters.